The summed E-state index contributed by atoms with van der Waals surface area (Å²) in [5, 5.41) is 9.32. The Bertz CT molecular complexity index is 1120. The van der Waals surface area contributed by atoms with Crippen molar-refractivity contribution in [3.05, 3.63) is 58.1 Å². The lowest BCUT2D eigenvalue weighted by atomic mass is 9.99. The number of anilines is 1. The van der Waals surface area contributed by atoms with Crippen LogP contribution in [0.2, 0.25) is 0 Å². The average Bonchev–Trinajstić information content (AvgIpc) is 3.47. The Morgan fingerprint density at radius 1 is 1.12 bits per heavy atom. The standard InChI is InChI=1S/C26H30N4O2S/c1-3-4-11-24(31)30(2)17-18-12-14-21(15-13-18)33(27)29-26(32)28-25-22-9-5-7-19(22)16-20-8-6-10-23(20)25/h1,12-16H,4-11,17H2,2H3,(H3,27,28,29,32). The minimum atomic E-state index is -1.06. The number of terminal acetylenes is 1. The fraction of sp³-hybridized carbons (Fsp3) is 0.385. The predicted octanol–water partition coefficient (Wildman–Crippen LogP) is 4.30. The number of carbonyl (C=O) groups excluding carboxylic acids is 2. The van der Waals surface area contributed by atoms with Gasteiger partial charge in [0.15, 0.2) is 0 Å². The molecule has 33 heavy (non-hydrogen) atoms. The van der Waals surface area contributed by atoms with Crippen molar-refractivity contribution in [3.63, 3.8) is 0 Å². The van der Waals surface area contributed by atoms with Crippen molar-refractivity contribution in [1.82, 2.24) is 4.90 Å². The molecule has 0 saturated heterocycles. The molecule has 2 aromatic carbocycles. The smallest absolute Gasteiger partial charge is 0.341 e. The van der Waals surface area contributed by atoms with Gasteiger partial charge in [-0.2, -0.15) is 4.36 Å². The number of fused-ring (bicyclic) bond motifs is 2. The number of nitrogens with two attached hydrogens (primary N) is 1. The molecule has 2 aromatic rings. The van der Waals surface area contributed by atoms with Crippen LogP contribution in [-0.4, -0.2) is 23.9 Å². The molecule has 2 aliphatic rings. The molecular formula is C26H30N4O2S. The summed E-state index contributed by atoms with van der Waals surface area (Å²) in [6, 6.07) is 9.51. The van der Waals surface area contributed by atoms with Crippen LogP contribution in [0.25, 0.3) is 0 Å². The average molecular weight is 463 g/mol. The highest BCUT2D eigenvalue weighted by Crippen LogP contribution is 2.38. The van der Waals surface area contributed by atoms with Gasteiger partial charge >= 0.3 is 6.03 Å². The molecule has 0 radical (unpaired) electrons. The van der Waals surface area contributed by atoms with Gasteiger partial charge in [-0.1, -0.05) is 18.2 Å². The zero-order valence-electron chi connectivity index (χ0n) is 19.0. The van der Waals surface area contributed by atoms with Crippen LogP contribution in [0.4, 0.5) is 10.5 Å². The van der Waals surface area contributed by atoms with Gasteiger partial charge in [0.25, 0.3) is 0 Å². The predicted molar refractivity (Wildman–Crippen MR) is 133 cm³/mol. The fourth-order valence-electron chi connectivity index (χ4n) is 4.71. The Morgan fingerprint density at radius 2 is 1.76 bits per heavy atom. The van der Waals surface area contributed by atoms with E-state index in [9.17, 15) is 9.59 Å². The second-order valence-corrected chi connectivity index (χ2v) is 9.95. The second-order valence-electron chi connectivity index (χ2n) is 8.67. The molecule has 0 aliphatic heterocycles. The zero-order chi connectivity index (χ0) is 23.4. The van der Waals surface area contributed by atoms with Crippen molar-refractivity contribution in [1.29, 1.82) is 0 Å². The molecule has 7 heteroatoms. The van der Waals surface area contributed by atoms with E-state index in [0.29, 0.717) is 19.4 Å². The molecule has 0 spiro atoms. The highest BCUT2D eigenvalue weighted by molar-refractivity contribution is 7.85. The maximum atomic E-state index is 12.8. The molecule has 172 valence electrons. The van der Waals surface area contributed by atoms with Gasteiger partial charge in [0, 0.05) is 47.9 Å². The van der Waals surface area contributed by atoms with Crippen LogP contribution in [0.3, 0.4) is 0 Å². The fourth-order valence-corrected chi connectivity index (χ4v) is 5.45. The Balaban J connectivity index is 1.43. The van der Waals surface area contributed by atoms with Crippen molar-refractivity contribution in [3.8, 4) is 12.3 Å². The molecule has 0 fully saturated rings. The topological polar surface area (TPSA) is 87.8 Å². The molecule has 1 unspecified atom stereocenters. The van der Waals surface area contributed by atoms with E-state index < -0.39 is 16.9 Å². The largest absolute Gasteiger partial charge is 0.352 e. The molecule has 3 N–H and O–H groups in total. The first-order chi connectivity index (χ1) is 16.0. The third-order valence-corrected chi connectivity index (χ3v) is 7.50. The maximum absolute atomic E-state index is 12.8. The van der Waals surface area contributed by atoms with E-state index in [-0.39, 0.29) is 5.91 Å². The Labute approximate surface area is 198 Å². The lowest BCUT2D eigenvalue weighted by Gasteiger charge is -2.17. The van der Waals surface area contributed by atoms with Gasteiger partial charge in [0.1, 0.15) is 0 Å². The minimum Gasteiger partial charge on any atom is -0.341 e. The normalized spacial score (nSPS) is 14.9. The molecule has 2 aliphatic carbocycles. The summed E-state index contributed by atoms with van der Waals surface area (Å²) in [6.07, 6.45) is 12.5. The molecule has 3 amide bonds. The second kappa shape index (κ2) is 10.3. The summed E-state index contributed by atoms with van der Waals surface area (Å²) >= 11 is 0. The van der Waals surface area contributed by atoms with Crippen LogP contribution in [0.15, 0.2) is 39.6 Å². The van der Waals surface area contributed by atoms with Crippen molar-refractivity contribution < 1.29 is 9.59 Å². The van der Waals surface area contributed by atoms with Gasteiger partial charge < -0.3 is 10.2 Å². The molecular weight excluding hydrogens is 432 g/mol. The van der Waals surface area contributed by atoms with Crippen LogP contribution in [0.1, 0.15) is 53.5 Å². The van der Waals surface area contributed by atoms with Gasteiger partial charge in [-0.3, -0.25) is 9.93 Å². The highest BCUT2D eigenvalue weighted by atomic mass is 32.2. The summed E-state index contributed by atoms with van der Waals surface area (Å²) in [5.74, 6) is 2.50. The number of nitrogens with zero attached hydrogens (tertiary/aromatic N) is 2. The van der Waals surface area contributed by atoms with Gasteiger partial charge in [0.2, 0.25) is 5.91 Å². The number of urea groups is 1. The Hall–Kier alpha value is -2.95. The highest BCUT2D eigenvalue weighted by Gasteiger charge is 2.25. The van der Waals surface area contributed by atoms with E-state index >= 15 is 0 Å². The Morgan fingerprint density at radius 3 is 2.36 bits per heavy atom. The number of rotatable bonds is 6. The maximum Gasteiger partial charge on any atom is 0.352 e. The molecule has 0 heterocycles. The monoisotopic (exact) mass is 462 g/mol. The first-order valence-electron chi connectivity index (χ1n) is 11.4. The number of benzene rings is 2. The minimum absolute atomic E-state index is 0.0150. The molecule has 0 aromatic heterocycles. The van der Waals surface area contributed by atoms with Gasteiger partial charge in [-0.25, -0.2) is 4.79 Å². The lowest BCUT2D eigenvalue weighted by Crippen LogP contribution is -2.25. The van der Waals surface area contributed by atoms with E-state index in [0.717, 1.165) is 54.7 Å². The van der Waals surface area contributed by atoms with Crippen LogP contribution < -0.4 is 10.5 Å². The number of amides is 3. The van der Waals surface area contributed by atoms with Gasteiger partial charge in [-0.15, -0.1) is 12.3 Å². The van der Waals surface area contributed by atoms with Crippen LogP contribution in [-0.2, 0) is 47.9 Å². The number of aryl methyl sites for hydroxylation is 2. The summed E-state index contributed by atoms with van der Waals surface area (Å²) in [7, 11) is 0.703. The summed E-state index contributed by atoms with van der Waals surface area (Å²) in [6.45, 7) is 0.490. The van der Waals surface area contributed by atoms with Gasteiger partial charge in [0.05, 0.1) is 0 Å². The number of hydrogen-bond donors (Lipinski definition) is 2. The first-order valence-corrected chi connectivity index (χ1v) is 12.6. The number of hydrogen-bond acceptors (Lipinski definition) is 2. The van der Waals surface area contributed by atoms with E-state index in [1.807, 2.05) is 24.3 Å². The first kappa shape index (κ1) is 23.2. The van der Waals surface area contributed by atoms with Crippen molar-refractivity contribution in [2.45, 2.75) is 62.8 Å². The molecule has 0 bridgehead atoms. The van der Waals surface area contributed by atoms with Gasteiger partial charge in [-0.05, 0) is 78.5 Å². The van der Waals surface area contributed by atoms with Crippen molar-refractivity contribution in [2.75, 3.05) is 12.4 Å². The summed E-state index contributed by atoms with van der Waals surface area (Å²) in [5.41, 5.74) is 7.26. The lowest BCUT2D eigenvalue weighted by molar-refractivity contribution is -0.130. The van der Waals surface area contributed by atoms with Crippen molar-refractivity contribution >= 4 is 28.5 Å². The van der Waals surface area contributed by atoms with Crippen LogP contribution in [0, 0.1) is 12.3 Å². The van der Waals surface area contributed by atoms with E-state index in [1.165, 1.54) is 22.3 Å². The SMILES string of the molecule is C#CCCC(=O)N(C)Cc1ccc(/S(N)=N/C(=O)Nc2c3c(cc4c2CCC4)CCC3)cc1. The zero-order valence-corrected chi connectivity index (χ0v) is 19.8. The number of nitrogens with one attached hydrogen (secondary N) is 1. The van der Waals surface area contributed by atoms with E-state index in [4.69, 9.17) is 11.6 Å². The summed E-state index contributed by atoms with van der Waals surface area (Å²) < 4.78 is 4.22. The molecule has 1 atom stereocenters. The van der Waals surface area contributed by atoms with Crippen molar-refractivity contribution in [2.24, 2.45) is 9.50 Å². The third-order valence-electron chi connectivity index (χ3n) is 6.38. The molecule has 0 saturated carbocycles. The van der Waals surface area contributed by atoms with E-state index in [2.05, 4.69) is 21.7 Å². The molecule has 6 nitrogen and oxygen atoms in total. The van der Waals surface area contributed by atoms with E-state index in [1.54, 1.807) is 11.9 Å². The number of carbonyl (C=O) groups is 2. The summed E-state index contributed by atoms with van der Waals surface area (Å²) in [4.78, 5) is 27.2. The Kier molecular flexibility index (Phi) is 7.26. The molecule has 4 rings (SSSR count). The van der Waals surface area contributed by atoms with Crippen LogP contribution in [0.5, 0.6) is 0 Å². The quantitative estimate of drug-likeness (QED) is 0.628. The van der Waals surface area contributed by atoms with Crippen LogP contribution >= 0.6 is 0 Å². The third kappa shape index (κ3) is 5.35.